The zero-order chi connectivity index (χ0) is 20.9. The van der Waals surface area contributed by atoms with Crippen LogP contribution in [0.3, 0.4) is 0 Å². The molecule has 4 rings (SSSR count). The van der Waals surface area contributed by atoms with Crippen LogP contribution in [-0.4, -0.2) is 42.8 Å². The Kier molecular flexibility index (Phi) is 4.95. The molecule has 4 bridgehead atoms. The maximum atomic E-state index is 13.3. The first kappa shape index (κ1) is 20.0. The average Bonchev–Trinajstić information content (AvgIpc) is 3.39. The Morgan fingerprint density at radius 3 is 1.90 bits per heavy atom. The van der Waals surface area contributed by atoms with Crippen LogP contribution in [0, 0.1) is 35.5 Å². The minimum Gasteiger partial charge on any atom is -0.469 e. The summed E-state index contributed by atoms with van der Waals surface area (Å²) in [4.78, 5) is 37.9. The molecule has 0 aliphatic heterocycles. The van der Waals surface area contributed by atoms with E-state index in [9.17, 15) is 14.4 Å². The Morgan fingerprint density at radius 1 is 0.828 bits per heavy atom. The highest BCUT2D eigenvalue weighted by Crippen LogP contribution is 2.46. The van der Waals surface area contributed by atoms with E-state index in [-0.39, 0.29) is 59.5 Å². The molecule has 0 saturated heterocycles. The van der Waals surface area contributed by atoms with Crippen LogP contribution in [0.15, 0.2) is 24.3 Å². The van der Waals surface area contributed by atoms with Crippen LogP contribution in [0.5, 0.6) is 0 Å². The molecule has 0 aromatic rings. The van der Waals surface area contributed by atoms with Crippen LogP contribution in [0.1, 0.15) is 33.6 Å². The van der Waals surface area contributed by atoms with Crippen LogP contribution in [0.25, 0.3) is 0 Å². The van der Waals surface area contributed by atoms with E-state index in [4.69, 9.17) is 9.47 Å². The molecule has 4 aliphatic carbocycles. The van der Waals surface area contributed by atoms with Crippen molar-refractivity contribution >= 4 is 18.0 Å². The van der Waals surface area contributed by atoms with Crippen molar-refractivity contribution in [2.75, 3.05) is 7.11 Å². The number of carbonyl (C=O) groups excluding carboxylic acids is 3. The molecule has 158 valence electrons. The molecule has 29 heavy (non-hydrogen) atoms. The lowest BCUT2D eigenvalue weighted by Gasteiger charge is -2.32. The van der Waals surface area contributed by atoms with Gasteiger partial charge in [-0.05, 0) is 57.3 Å². The van der Waals surface area contributed by atoms with E-state index in [1.165, 1.54) is 7.11 Å². The summed E-state index contributed by atoms with van der Waals surface area (Å²) in [5.74, 6) is -0.603. The SMILES string of the molecule is COC(=O)[C@H]1[C@@H](NC(=O)[C@@H]2[C@H](NC(=O)OC(C)(C)C)[C@H]3C=C[C@@H]2C3)[C@@H]2C=C[C@H]1C2. The van der Waals surface area contributed by atoms with Gasteiger partial charge in [0.1, 0.15) is 5.60 Å². The third kappa shape index (κ3) is 3.67. The predicted molar refractivity (Wildman–Crippen MR) is 106 cm³/mol. The number of nitrogens with one attached hydrogen (secondary N) is 2. The number of hydrogen-bond acceptors (Lipinski definition) is 5. The van der Waals surface area contributed by atoms with Gasteiger partial charge in [-0.2, -0.15) is 0 Å². The number of ether oxygens (including phenoxy) is 2. The molecular formula is C22H30N2O5. The van der Waals surface area contributed by atoms with Crippen molar-refractivity contribution in [3.05, 3.63) is 24.3 Å². The molecule has 7 heteroatoms. The van der Waals surface area contributed by atoms with Crippen LogP contribution in [0.2, 0.25) is 0 Å². The van der Waals surface area contributed by atoms with Crippen molar-refractivity contribution in [2.45, 2.75) is 51.3 Å². The maximum Gasteiger partial charge on any atom is 0.407 e. The number of amides is 2. The van der Waals surface area contributed by atoms with Crippen molar-refractivity contribution in [3.63, 3.8) is 0 Å². The summed E-state index contributed by atoms with van der Waals surface area (Å²) in [5.41, 5.74) is -0.599. The summed E-state index contributed by atoms with van der Waals surface area (Å²) in [5, 5.41) is 6.06. The summed E-state index contributed by atoms with van der Waals surface area (Å²) in [6.45, 7) is 5.44. The summed E-state index contributed by atoms with van der Waals surface area (Å²) in [6, 6.07) is -0.555. The number of fused-ring (bicyclic) bond motifs is 4. The summed E-state index contributed by atoms with van der Waals surface area (Å²) < 4.78 is 10.4. The molecule has 0 unspecified atom stereocenters. The van der Waals surface area contributed by atoms with E-state index in [1.54, 1.807) is 0 Å². The molecule has 2 fully saturated rings. The largest absolute Gasteiger partial charge is 0.469 e. The molecule has 2 saturated carbocycles. The highest BCUT2D eigenvalue weighted by molar-refractivity contribution is 5.84. The average molecular weight is 402 g/mol. The van der Waals surface area contributed by atoms with Crippen molar-refractivity contribution in [2.24, 2.45) is 35.5 Å². The highest BCUT2D eigenvalue weighted by atomic mass is 16.6. The third-order valence-corrected chi connectivity index (χ3v) is 6.69. The second-order valence-electron chi connectivity index (χ2n) is 9.68. The van der Waals surface area contributed by atoms with Gasteiger partial charge in [0.15, 0.2) is 0 Å². The van der Waals surface area contributed by atoms with Crippen LogP contribution < -0.4 is 10.6 Å². The lowest BCUT2D eigenvalue weighted by molar-refractivity contribution is -0.147. The number of alkyl carbamates (subject to hydrolysis) is 1. The molecule has 8 atom stereocenters. The Morgan fingerprint density at radius 2 is 1.34 bits per heavy atom. The van der Waals surface area contributed by atoms with Gasteiger partial charge < -0.3 is 20.1 Å². The van der Waals surface area contributed by atoms with Crippen molar-refractivity contribution in [1.82, 2.24) is 10.6 Å². The zero-order valence-corrected chi connectivity index (χ0v) is 17.4. The Labute approximate surface area is 171 Å². The number of rotatable bonds is 4. The number of methoxy groups -OCH3 is 1. The predicted octanol–water partition coefficient (Wildman–Crippen LogP) is 2.18. The lowest BCUT2D eigenvalue weighted by atomic mass is 9.85. The lowest BCUT2D eigenvalue weighted by Crippen LogP contribution is -2.54. The highest BCUT2D eigenvalue weighted by Gasteiger charge is 2.53. The van der Waals surface area contributed by atoms with Gasteiger partial charge in [0.05, 0.1) is 25.0 Å². The summed E-state index contributed by atoms with van der Waals surface area (Å²) in [6.07, 6.45) is 9.50. The number of hydrogen-bond donors (Lipinski definition) is 2. The standard InChI is InChI=1S/C22H30N2O5/c1-22(2,3)29-21(27)24-17-13-7-5-11(9-13)15(17)19(25)23-18-14-8-6-12(10-14)16(18)20(26)28-4/h5-8,11-18H,9-10H2,1-4H3,(H,23,25)(H,24,27)/t11-,12+,13+,14-,15+,16-,17-,18+/m1/s1. The zero-order valence-electron chi connectivity index (χ0n) is 17.4. The fraction of sp³-hybridized carbons (Fsp3) is 0.682. The van der Waals surface area contributed by atoms with Crippen LogP contribution >= 0.6 is 0 Å². The van der Waals surface area contributed by atoms with E-state index >= 15 is 0 Å². The molecule has 0 radical (unpaired) electrons. The van der Waals surface area contributed by atoms with E-state index < -0.39 is 11.7 Å². The van der Waals surface area contributed by atoms with Gasteiger partial charge in [0.2, 0.25) is 5.91 Å². The maximum absolute atomic E-state index is 13.3. The number of carbonyl (C=O) groups is 3. The van der Waals surface area contributed by atoms with Gasteiger partial charge in [-0.3, -0.25) is 9.59 Å². The number of allylic oxidation sites excluding steroid dienone is 2. The van der Waals surface area contributed by atoms with Gasteiger partial charge >= 0.3 is 12.1 Å². The fourth-order valence-corrected chi connectivity index (χ4v) is 5.56. The Bertz CT molecular complexity index is 768. The first-order valence-electron chi connectivity index (χ1n) is 10.4. The smallest absolute Gasteiger partial charge is 0.407 e. The van der Waals surface area contributed by atoms with Crippen molar-refractivity contribution in [1.29, 1.82) is 0 Å². The van der Waals surface area contributed by atoms with Crippen LogP contribution in [-0.2, 0) is 19.1 Å². The molecule has 0 aromatic carbocycles. The van der Waals surface area contributed by atoms with Crippen molar-refractivity contribution in [3.8, 4) is 0 Å². The summed E-state index contributed by atoms with van der Waals surface area (Å²) in [7, 11) is 1.39. The van der Waals surface area contributed by atoms with Crippen molar-refractivity contribution < 1.29 is 23.9 Å². The molecule has 0 aromatic heterocycles. The molecule has 0 spiro atoms. The first-order valence-corrected chi connectivity index (χ1v) is 10.4. The van der Waals surface area contributed by atoms with E-state index in [2.05, 4.69) is 34.9 Å². The monoisotopic (exact) mass is 402 g/mol. The molecule has 0 heterocycles. The third-order valence-electron chi connectivity index (χ3n) is 6.69. The Hall–Kier alpha value is -2.31. The fourth-order valence-electron chi connectivity index (χ4n) is 5.56. The molecule has 4 aliphatic rings. The van der Waals surface area contributed by atoms with E-state index in [0.717, 1.165) is 12.8 Å². The normalized spacial score (nSPS) is 38.9. The Balaban J connectivity index is 1.47. The van der Waals surface area contributed by atoms with Gasteiger partial charge in [-0.1, -0.05) is 24.3 Å². The molecule has 2 N–H and O–H groups in total. The number of esters is 1. The minimum absolute atomic E-state index is 0.0886. The van der Waals surface area contributed by atoms with Gasteiger partial charge in [-0.15, -0.1) is 0 Å². The van der Waals surface area contributed by atoms with E-state index in [0.29, 0.717) is 0 Å². The van der Waals surface area contributed by atoms with Crippen LogP contribution in [0.4, 0.5) is 4.79 Å². The summed E-state index contributed by atoms with van der Waals surface area (Å²) >= 11 is 0. The van der Waals surface area contributed by atoms with Gasteiger partial charge in [0, 0.05) is 6.04 Å². The molecule has 2 amide bonds. The second-order valence-corrected chi connectivity index (χ2v) is 9.68. The molecule has 7 nitrogen and oxygen atoms in total. The molecular weight excluding hydrogens is 372 g/mol. The van der Waals surface area contributed by atoms with E-state index in [1.807, 2.05) is 20.8 Å². The second kappa shape index (κ2) is 7.18. The first-order chi connectivity index (χ1) is 13.7. The quantitative estimate of drug-likeness (QED) is 0.555. The van der Waals surface area contributed by atoms with Gasteiger partial charge in [-0.25, -0.2) is 4.79 Å². The topological polar surface area (TPSA) is 93.7 Å². The minimum atomic E-state index is -0.599. The van der Waals surface area contributed by atoms with Gasteiger partial charge in [0.25, 0.3) is 0 Å².